The van der Waals surface area contributed by atoms with Crippen molar-refractivity contribution >= 4 is 5.78 Å². The number of nitrogens with zero attached hydrogens (tertiary/aromatic N) is 2. The van der Waals surface area contributed by atoms with Gasteiger partial charge < -0.3 is 4.74 Å². The molecule has 1 heterocycles. The van der Waals surface area contributed by atoms with E-state index < -0.39 is 0 Å². The Labute approximate surface area is 99.8 Å². The maximum atomic E-state index is 12.1. The summed E-state index contributed by atoms with van der Waals surface area (Å²) in [4.78, 5) is 12.1. The minimum absolute atomic E-state index is 0.0906. The smallest absolute Gasteiger partial charge is 0.213 e. The zero-order valence-corrected chi connectivity index (χ0v) is 9.88. The highest BCUT2D eigenvalue weighted by molar-refractivity contribution is 6.07. The van der Waals surface area contributed by atoms with Gasteiger partial charge in [-0.3, -0.25) is 9.48 Å². The van der Waals surface area contributed by atoms with Crippen LogP contribution >= 0.6 is 0 Å². The Morgan fingerprint density at radius 1 is 1.41 bits per heavy atom. The quantitative estimate of drug-likeness (QED) is 0.755. The molecule has 4 heteroatoms. The Balaban J connectivity index is 2.27. The van der Waals surface area contributed by atoms with E-state index in [1.165, 1.54) is 0 Å². The summed E-state index contributed by atoms with van der Waals surface area (Å²) in [6, 6.07) is 8.84. The summed E-state index contributed by atoms with van der Waals surface area (Å²) in [6.45, 7) is 2.49. The third-order valence-corrected chi connectivity index (χ3v) is 2.35. The third-order valence-electron chi connectivity index (χ3n) is 2.35. The van der Waals surface area contributed by atoms with E-state index >= 15 is 0 Å². The molecule has 0 saturated heterocycles. The Morgan fingerprint density at radius 3 is 2.88 bits per heavy atom. The van der Waals surface area contributed by atoms with Gasteiger partial charge in [-0.15, -0.1) is 0 Å². The summed E-state index contributed by atoms with van der Waals surface area (Å²) < 4.78 is 6.97. The Hall–Kier alpha value is -2.10. The first kappa shape index (κ1) is 11.4. The number of aryl methyl sites for hydroxylation is 1. The molecule has 17 heavy (non-hydrogen) atoms. The molecule has 2 aromatic rings. The van der Waals surface area contributed by atoms with E-state index in [-0.39, 0.29) is 5.78 Å². The van der Waals surface area contributed by atoms with Gasteiger partial charge in [-0.25, -0.2) is 0 Å². The number of ketones is 1. The second-order valence-corrected chi connectivity index (χ2v) is 3.66. The number of rotatable bonds is 4. The van der Waals surface area contributed by atoms with Gasteiger partial charge in [-0.2, -0.15) is 5.10 Å². The first-order chi connectivity index (χ1) is 8.20. The molecule has 0 radical (unpaired) electrons. The zero-order chi connectivity index (χ0) is 12.3. The number of carbonyl (C=O) groups is 1. The van der Waals surface area contributed by atoms with Crippen molar-refractivity contribution in [3.8, 4) is 5.75 Å². The Bertz CT molecular complexity index is 532. The van der Waals surface area contributed by atoms with E-state index in [1.54, 1.807) is 42.2 Å². The molecule has 0 atom stereocenters. The van der Waals surface area contributed by atoms with E-state index in [4.69, 9.17) is 4.74 Å². The maximum Gasteiger partial charge on any atom is 0.213 e. The summed E-state index contributed by atoms with van der Waals surface area (Å²) >= 11 is 0. The first-order valence-electron chi connectivity index (χ1n) is 5.48. The molecule has 0 aliphatic carbocycles. The fraction of sp³-hybridized carbons (Fsp3) is 0.231. The number of aromatic nitrogens is 2. The molecule has 0 fully saturated rings. The first-order valence-corrected chi connectivity index (χ1v) is 5.48. The summed E-state index contributed by atoms with van der Waals surface area (Å²) in [5, 5.41) is 4.09. The summed E-state index contributed by atoms with van der Waals surface area (Å²) in [5.41, 5.74) is 1.04. The molecule has 1 aromatic carbocycles. The Kier molecular flexibility index (Phi) is 3.23. The average molecular weight is 230 g/mol. The Morgan fingerprint density at radius 2 is 2.24 bits per heavy atom. The van der Waals surface area contributed by atoms with Crippen molar-refractivity contribution in [2.75, 3.05) is 6.61 Å². The lowest BCUT2D eigenvalue weighted by atomic mass is 10.1. The average Bonchev–Trinajstić information content (AvgIpc) is 2.76. The van der Waals surface area contributed by atoms with Gasteiger partial charge in [0.05, 0.1) is 6.61 Å². The molecule has 0 spiro atoms. The molecule has 4 nitrogen and oxygen atoms in total. The van der Waals surface area contributed by atoms with Crippen LogP contribution < -0.4 is 4.74 Å². The predicted molar refractivity (Wildman–Crippen MR) is 64.3 cm³/mol. The standard InChI is InChI=1S/C13H14N2O2/c1-3-17-11-6-4-5-10(9-11)13(16)12-7-8-15(2)14-12/h4-9H,3H2,1-2H3. The molecule has 0 N–H and O–H groups in total. The largest absolute Gasteiger partial charge is 0.494 e. The third kappa shape index (κ3) is 2.53. The molecule has 0 bridgehead atoms. The van der Waals surface area contributed by atoms with Crippen LogP contribution in [-0.2, 0) is 7.05 Å². The van der Waals surface area contributed by atoms with Gasteiger partial charge in [0.15, 0.2) is 0 Å². The van der Waals surface area contributed by atoms with Crippen LogP contribution in [0.3, 0.4) is 0 Å². The summed E-state index contributed by atoms with van der Waals surface area (Å²) in [5.74, 6) is 0.612. The molecule has 0 aliphatic rings. The highest BCUT2D eigenvalue weighted by Gasteiger charge is 2.12. The van der Waals surface area contributed by atoms with Gasteiger partial charge in [0.25, 0.3) is 0 Å². The topological polar surface area (TPSA) is 44.1 Å². The minimum atomic E-state index is -0.0906. The van der Waals surface area contributed by atoms with Gasteiger partial charge >= 0.3 is 0 Å². The monoisotopic (exact) mass is 230 g/mol. The SMILES string of the molecule is CCOc1cccc(C(=O)c2ccn(C)n2)c1. The van der Waals surface area contributed by atoms with Crippen LogP contribution in [0.1, 0.15) is 23.0 Å². The molecule has 0 amide bonds. The number of hydrogen-bond acceptors (Lipinski definition) is 3. The number of benzene rings is 1. The van der Waals surface area contributed by atoms with E-state index in [0.29, 0.717) is 23.6 Å². The molecule has 2 rings (SSSR count). The second kappa shape index (κ2) is 4.82. The van der Waals surface area contributed by atoms with Crippen molar-refractivity contribution in [2.45, 2.75) is 6.92 Å². The molecular formula is C13H14N2O2. The minimum Gasteiger partial charge on any atom is -0.494 e. The van der Waals surface area contributed by atoms with Crippen LogP contribution in [0.4, 0.5) is 0 Å². The molecule has 0 aliphatic heterocycles. The van der Waals surface area contributed by atoms with Gasteiger partial charge in [0.2, 0.25) is 5.78 Å². The molecule has 0 unspecified atom stereocenters. The molecular weight excluding hydrogens is 216 g/mol. The second-order valence-electron chi connectivity index (χ2n) is 3.66. The highest BCUT2D eigenvalue weighted by Crippen LogP contribution is 2.15. The van der Waals surface area contributed by atoms with Crippen LogP contribution in [0.2, 0.25) is 0 Å². The van der Waals surface area contributed by atoms with Crippen molar-refractivity contribution in [3.05, 3.63) is 47.8 Å². The maximum absolute atomic E-state index is 12.1. The van der Waals surface area contributed by atoms with Crippen LogP contribution in [0, 0.1) is 0 Å². The van der Waals surface area contributed by atoms with Crippen molar-refractivity contribution in [1.82, 2.24) is 9.78 Å². The van der Waals surface area contributed by atoms with E-state index in [9.17, 15) is 4.79 Å². The van der Waals surface area contributed by atoms with Crippen LogP contribution in [-0.4, -0.2) is 22.2 Å². The summed E-state index contributed by atoms with van der Waals surface area (Å²) in [6.07, 6.45) is 1.75. The number of hydrogen-bond donors (Lipinski definition) is 0. The fourth-order valence-corrected chi connectivity index (χ4v) is 1.58. The number of carbonyl (C=O) groups excluding carboxylic acids is 1. The van der Waals surface area contributed by atoms with Gasteiger partial charge in [-0.1, -0.05) is 12.1 Å². The fourth-order valence-electron chi connectivity index (χ4n) is 1.58. The normalized spacial score (nSPS) is 10.2. The van der Waals surface area contributed by atoms with Crippen molar-refractivity contribution < 1.29 is 9.53 Å². The van der Waals surface area contributed by atoms with E-state index in [2.05, 4.69) is 5.10 Å². The lowest BCUT2D eigenvalue weighted by Crippen LogP contribution is -2.04. The predicted octanol–water partition coefficient (Wildman–Crippen LogP) is 2.05. The highest BCUT2D eigenvalue weighted by atomic mass is 16.5. The van der Waals surface area contributed by atoms with Crippen LogP contribution in [0.15, 0.2) is 36.5 Å². The lowest BCUT2D eigenvalue weighted by molar-refractivity contribution is 0.103. The number of ether oxygens (including phenoxy) is 1. The van der Waals surface area contributed by atoms with Crippen molar-refractivity contribution in [1.29, 1.82) is 0 Å². The van der Waals surface area contributed by atoms with Crippen LogP contribution in [0.5, 0.6) is 5.75 Å². The van der Waals surface area contributed by atoms with Crippen LogP contribution in [0.25, 0.3) is 0 Å². The molecule has 1 aromatic heterocycles. The zero-order valence-electron chi connectivity index (χ0n) is 9.88. The van der Waals surface area contributed by atoms with E-state index in [1.807, 2.05) is 13.0 Å². The molecule has 0 saturated carbocycles. The van der Waals surface area contributed by atoms with E-state index in [0.717, 1.165) is 0 Å². The summed E-state index contributed by atoms with van der Waals surface area (Å²) in [7, 11) is 1.79. The van der Waals surface area contributed by atoms with Crippen molar-refractivity contribution in [2.24, 2.45) is 7.05 Å². The van der Waals surface area contributed by atoms with Gasteiger partial charge in [-0.05, 0) is 25.1 Å². The lowest BCUT2D eigenvalue weighted by Gasteiger charge is -2.04. The van der Waals surface area contributed by atoms with Crippen molar-refractivity contribution in [3.63, 3.8) is 0 Å². The van der Waals surface area contributed by atoms with Gasteiger partial charge in [0.1, 0.15) is 11.4 Å². The molecule has 88 valence electrons. The van der Waals surface area contributed by atoms with Gasteiger partial charge in [0, 0.05) is 18.8 Å².